The van der Waals surface area contributed by atoms with Crippen molar-refractivity contribution in [2.24, 2.45) is 0 Å². The molecule has 0 bridgehead atoms. The van der Waals surface area contributed by atoms with Gasteiger partial charge in [0.05, 0.1) is 12.2 Å². The van der Waals surface area contributed by atoms with Crippen LogP contribution in [0, 0.1) is 0 Å². The molecule has 0 unspecified atom stereocenters. The molecule has 0 radical (unpaired) electrons. The summed E-state index contributed by atoms with van der Waals surface area (Å²) in [5, 5.41) is 14.4. The second-order valence-corrected chi connectivity index (χ2v) is 7.01. The summed E-state index contributed by atoms with van der Waals surface area (Å²) in [5.74, 6) is 0.566. The number of aromatic nitrogens is 3. The molecule has 2 heterocycles. The van der Waals surface area contributed by atoms with Gasteiger partial charge in [0.2, 0.25) is 0 Å². The molecule has 0 atom stereocenters. The largest absolute Gasteiger partial charge is 0.492 e. The zero-order valence-corrected chi connectivity index (χ0v) is 18.5. The third-order valence-corrected chi connectivity index (χ3v) is 4.63. The van der Waals surface area contributed by atoms with E-state index in [4.69, 9.17) is 4.74 Å². The maximum absolute atomic E-state index is 12.4. The summed E-state index contributed by atoms with van der Waals surface area (Å²) in [6.07, 6.45) is 3.75. The highest BCUT2D eigenvalue weighted by atomic mass is 35.5. The molecule has 29 heavy (non-hydrogen) atoms. The van der Waals surface area contributed by atoms with Gasteiger partial charge in [0.1, 0.15) is 12.4 Å². The van der Waals surface area contributed by atoms with E-state index in [-0.39, 0.29) is 30.7 Å². The molecular weight excluding hydrogens is 415 g/mol. The van der Waals surface area contributed by atoms with E-state index in [1.807, 2.05) is 43.0 Å². The fourth-order valence-electron chi connectivity index (χ4n) is 3.03. The predicted octanol–water partition coefficient (Wildman–Crippen LogP) is 1.92. The van der Waals surface area contributed by atoms with Crippen LogP contribution in [0.5, 0.6) is 5.75 Å². The molecular formula is C19H30Cl2N6O2. The monoisotopic (exact) mass is 444 g/mol. The van der Waals surface area contributed by atoms with Gasteiger partial charge in [-0.2, -0.15) is 0 Å². The number of carbonyl (C=O) groups excluding carboxylic acids is 1. The van der Waals surface area contributed by atoms with Gasteiger partial charge in [-0.3, -0.25) is 4.79 Å². The van der Waals surface area contributed by atoms with Crippen LogP contribution < -0.4 is 15.4 Å². The minimum Gasteiger partial charge on any atom is -0.492 e. The molecule has 162 valence electrons. The maximum atomic E-state index is 12.4. The maximum Gasteiger partial charge on any atom is 0.273 e. The summed E-state index contributed by atoms with van der Waals surface area (Å²) in [7, 11) is 4.01. The summed E-state index contributed by atoms with van der Waals surface area (Å²) >= 11 is 0. The van der Waals surface area contributed by atoms with Crippen LogP contribution in [-0.4, -0.2) is 66.1 Å². The van der Waals surface area contributed by atoms with Crippen LogP contribution >= 0.6 is 24.8 Å². The van der Waals surface area contributed by atoms with Crippen molar-refractivity contribution >= 4 is 30.7 Å². The molecule has 1 amide bonds. The minimum absolute atomic E-state index is 0. The zero-order chi connectivity index (χ0) is 19.1. The number of benzene rings is 1. The number of nitrogens with zero attached hydrogens (tertiary/aromatic N) is 4. The molecule has 1 aliphatic rings. The molecule has 10 heteroatoms. The quantitative estimate of drug-likeness (QED) is 0.646. The second kappa shape index (κ2) is 12.6. The Morgan fingerprint density at radius 2 is 2.00 bits per heavy atom. The highest BCUT2D eigenvalue weighted by Gasteiger charge is 2.18. The van der Waals surface area contributed by atoms with Crippen molar-refractivity contribution in [2.75, 3.05) is 40.3 Å². The van der Waals surface area contributed by atoms with Crippen molar-refractivity contribution < 1.29 is 9.53 Å². The number of hydrogen-bond acceptors (Lipinski definition) is 6. The number of carbonyl (C=O) groups is 1. The number of hydrogen-bond donors (Lipinski definition) is 2. The van der Waals surface area contributed by atoms with Crippen molar-refractivity contribution in [2.45, 2.75) is 25.4 Å². The van der Waals surface area contributed by atoms with Crippen LogP contribution in [-0.2, 0) is 6.54 Å². The first-order valence-electron chi connectivity index (χ1n) is 9.39. The van der Waals surface area contributed by atoms with Gasteiger partial charge < -0.3 is 20.3 Å². The molecule has 2 aromatic rings. The van der Waals surface area contributed by atoms with Gasteiger partial charge >= 0.3 is 0 Å². The number of rotatable bonds is 8. The number of halogens is 2. The Hall–Kier alpha value is -1.87. The minimum atomic E-state index is -0.224. The van der Waals surface area contributed by atoms with Crippen molar-refractivity contribution in [1.82, 2.24) is 30.5 Å². The number of nitrogens with one attached hydrogen (secondary N) is 2. The lowest BCUT2D eigenvalue weighted by atomic mass is 10.1. The summed E-state index contributed by atoms with van der Waals surface area (Å²) in [6, 6.07) is 8.06. The number of piperidine rings is 1. The highest BCUT2D eigenvalue weighted by molar-refractivity contribution is 5.91. The Bertz CT molecular complexity index is 750. The first-order valence-corrected chi connectivity index (χ1v) is 9.39. The summed E-state index contributed by atoms with van der Waals surface area (Å²) in [5.41, 5.74) is 1.29. The van der Waals surface area contributed by atoms with Gasteiger partial charge in [0.25, 0.3) is 5.91 Å². The van der Waals surface area contributed by atoms with Crippen LogP contribution in [0.1, 0.15) is 34.9 Å². The lowest BCUT2D eigenvalue weighted by Crippen LogP contribution is -2.29. The second-order valence-electron chi connectivity index (χ2n) is 7.01. The van der Waals surface area contributed by atoms with Gasteiger partial charge in [-0.15, -0.1) is 29.9 Å². The predicted molar refractivity (Wildman–Crippen MR) is 117 cm³/mol. The Balaban J connectivity index is 0.00000210. The molecule has 0 saturated carbocycles. The molecule has 1 aliphatic heterocycles. The van der Waals surface area contributed by atoms with E-state index in [0.29, 0.717) is 24.9 Å². The number of likely N-dealkylation sites (N-methyl/N-ethyl adjacent to an activating group) is 1. The first-order chi connectivity index (χ1) is 13.1. The molecule has 0 aliphatic carbocycles. The van der Waals surface area contributed by atoms with Crippen LogP contribution in [0.2, 0.25) is 0 Å². The van der Waals surface area contributed by atoms with E-state index >= 15 is 0 Å². The summed E-state index contributed by atoms with van der Waals surface area (Å²) in [6.45, 7) is 3.76. The lowest BCUT2D eigenvalue weighted by Gasteiger charge is -2.22. The van der Waals surface area contributed by atoms with Crippen LogP contribution in [0.15, 0.2) is 30.5 Å². The third kappa shape index (κ3) is 7.47. The fraction of sp³-hybridized carbons (Fsp3) is 0.526. The normalized spacial score (nSPS) is 14.0. The molecule has 1 saturated heterocycles. The van der Waals surface area contributed by atoms with Gasteiger partial charge in [-0.25, -0.2) is 4.68 Å². The average molecular weight is 445 g/mol. The molecule has 2 N–H and O–H groups in total. The van der Waals surface area contributed by atoms with Crippen molar-refractivity contribution in [1.29, 1.82) is 0 Å². The van der Waals surface area contributed by atoms with Crippen LogP contribution in [0.3, 0.4) is 0 Å². The van der Waals surface area contributed by atoms with Gasteiger partial charge in [0.15, 0.2) is 5.69 Å². The molecule has 3 rings (SSSR count). The third-order valence-electron chi connectivity index (χ3n) is 4.63. The molecule has 1 aromatic heterocycles. The molecule has 0 spiro atoms. The smallest absolute Gasteiger partial charge is 0.273 e. The topological polar surface area (TPSA) is 84.3 Å². The fourth-order valence-corrected chi connectivity index (χ4v) is 3.03. The summed E-state index contributed by atoms with van der Waals surface area (Å²) in [4.78, 5) is 14.5. The van der Waals surface area contributed by atoms with E-state index in [9.17, 15) is 4.79 Å². The van der Waals surface area contributed by atoms with Gasteiger partial charge in [0, 0.05) is 18.7 Å². The average Bonchev–Trinajstić information content (AvgIpc) is 3.18. The SMILES string of the molecule is CN(C)CCOc1ccccc1CNC(=O)c1cn(C2CCNCC2)nn1.Cl.Cl. The van der Waals surface area contributed by atoms with Crippen molar-refractivity contribution in [3.63, 3.8) is 0 Å². The zero-order valence-electron chi connectivity index (χ0n) is 16.8. The Morgan fingerprint density at radius 3 is 2.72 bits per heavy atom. The Labute approximate surface area is 184 Å². The van der Waals surface area contributed by atoms with Crippen molar-refractivity contribution in [3.05, 3.63) is 41.7 Å². The standard InChI is InChI=1S/C19H28N6O2.2ClH/c1-24(2)11-12-27-18-6-4-3-5-15(18)13-21-19(26)17-14-25(23-22-17)16-7-9-20-10-8-16;;/h3-6,14,16,20H,7-13H2,1-2H3,(H,21,26);2*1H. The van der Waals surface area contributed by atoms with Crippen LogP contribution in [0.4, 0.5) is 0 Å². The van der Waals surface area contributed by atoms with E-state index in [2.05, 4.69) is 25.8 Å². The molecule has 8 nitrogen and oxygen atoms in total. The Kier molecular flexibility index (Phi) is 11.0. The van der Waals surface area contributed by atoms with E-state index in [1.165, 1.54) is 0 Å². The van der Waals surface area contributed by atoms with E-state index in [0.717, 1.165) is 43.8 Å². The molecule has 1 fully saturated rings. The first kappa shape index (κ1) is 25.2. The van der Waals surface area contributed by atoms with E-state index < -0.39 is 0 Å². The lowest BCUT2D eigenvalue weighted by molar-refractivity contribution is 0.0945. The Morgan fingerprint density at radius 1 is 1.28 bits per heavy atom. The van der Waals surface area contributed by atoms with Crippen molar-refractivity contribution in [3.8, 4) is 5.75 Å². The number of amides is 1. The molecule has 1 aromatic carbocycles. The highest BCUT2D eigenvalue weighted by Crippen LogP contribution is 2.19. The number of ether oxygens (including phenoxy) is 1. The summed E-state index contributed by atoms with van der Waals surface area (Å²) < 4.78 is 7.65. The van der Waals surface area contributed by atoms with E-state index in [1.54, 1.807) is 6.20 Å². The number of para-hydroxylation sites is 1. The van der Waals surface area contributed by atoms with Gasteiger partial charge in [-0.05, 0) is 46.1 Å². The van der Waals surface area contributed by atoms with Crippen LogP contribution in [0.25, 0.3) is 0 Å². The van der Waals surface area contributed by atoms with Gasteiger partial charge in [-0.1, -0.05) is 23.4 Å².